The summed E-state index contributed by atoms with van der Waals surface area (Å²) in [7, 11) is 0. The summed E-state index contributed by atoms with van der Waals surface area (Å²) in [6, 6.07) is 8.37. The molecule has 0 heterocycles. The molecule has 0 bridgehead atoms. The summed E-state index contributed by atoms with van der Waals surface area (Å²) >= 11 is 0. The second-order valence-corrected chi connectivity index (χ2v) is 5.49. The Balaban J connectivity index is 2.18. The fraction of sp³-hybridized carbons (Fsp3) is 0.500. The topological polar surface area (TPSA) is 52.9 Å². The molecule has 106 valence electrons. The Morgan fingerprint density at radius 3 is 2.75 bits per heavy atom. The highest BCUT2D eigenvalue weighted by molar-refractivity contribution is 5.83. The van der Waals surface area contributed by atoms with Crippen LogP contribution >= 0.6 is 0 Å². The van der Waals surface area contributed by atoms with Gasteiger partial charge in [-0.05, 0) is 37.0 Å². The Kier molecular flexibility index (Phi) is 4.73. The van der Waals surface area contributed by atoms with E-state index in [4.69, 9.17) is 5.26 Å². The summed E-state index contributed by atoms with van der Waals surface area (Å²) in [5.74, 6) is -0.339. The number of rotatable bonds is 4. The molecule has 0 aromatic heterocycles. The van der Waals surface area contributed by atoms with E-state index in [0.29, 0.717) is 6.42 Å². The maximum atomic E-state index is 13.3. The first-order chi connectivity index (χ1) is 9.66. The van der Waals surface area contributed by atoms with Crippen LogP contribution < -0.4 is 5.32 Å². The highest BCUT2D eigenvalue weighted by Gasteiger charge is 2.39. The van der Waals surface area contributed by atoms with Gasteiger partial charge in [0.25, 0.3) is 0 Å². The van der Waals surface area contributed by atoms with Gasteiger partial charge in [0.1, 0.15) is 12.4 Å². The number of hydrogen-bond donors (Lipinski definition) is 1. The lowest BCUT2D eigenvalue weighted by atomic mass is 9.69. The third-order valence-electron chi connectivity index (χ3n) is 4.05. The van der Waals surface area contributed by atoms with E-state index < -0.39 is 5.41 Å². The largest absolute Gasteiger partial charge is 0.343 e. The van der Waals surface area contributed by atoms with Crippen molar-refractivity contribution in [1.29, 1.82) is 5.26 Å². The van der Waals surface area contributed by atoms with E-state index in [9.17, 15) is 9.18 Å². The number of amides is 1. The van der Waals surface area contributed by atoms with Gasteiger partial charge in [0.05, 0.1) is 11.5 Å². The maximum Gasteiger partial charge on any atom is 0.227 e. The molecule has 0 saturated heterocycles. The predicted octanol–water partition coefficient (Wildman–Crippen LogP) is 2.96. The van der Waals surface area contributed by atoms with E-state index in [0.717, 1.165) is 37.7 Å². The van der Waals surface area contributed by atoms with Gasteiger partial charge >= 0.3 is 0 Å². The quantitative estimate of drug-likeness (QED) is 0.858. The standard InChI is InChI=1S/C16H19FN2O/c17-14-6-4-5-13(11-14)12-16(7-2-1-3-8-16)15(20)19-10-9-18/h4-6,11H,1-3,7-8,10,12H2,(H,19,20). The van der Waals surface area contributed by atoms with Crippen LogP contribution in [0, 0.1) is 22.6 Å². The Morgan fingerprint density at radius 1 is 1.35 bits per heavy atom. The minimum atomic E-state index is -0.483. The summed E-state index contributed by atoms with van der Waals surface area (Å²) < 4.78 is 13.3. The Morgan fingerprint density at radius 2 is 2.10 bits per heavy atom. The Hall–Kier alpha value is -1.89. The van der Waals surface area contributed by atoms with Crippen LogP contribution in [0.25, 0.3) is 0 Å². The molecule has 1 N–H and O–H groups in total. The molecule has 1 aromatic carbocycles. The fourth-order valence-electron chi connectivity index (χ4n) is 3.06. The SMILES string of the molecule is N#CCNC(=O)C1(Cc2cccc(F)c2)CCCCC1. The lowest BCUT2D eigenvalue weighted by Gasteiger charge is -2.35. The number of nitrogens with one attached hydrogen (secondary N) is 1. The molecule has 1 saturated carbocycles. The van der Waals surface area contributed by atoms with E-state index in [-0.39, 0.29) is 18.3 Å². The number of hydrogen-bond acceptors (Lipinski definition) is 2. The number of carbonyl (C=O) groups is 1. The zero-order valence-corrected chi connectivity index (χ0v) is 11.5. The van der Waals surface area contributed by atoms with Crippen molar-refractivity contribution < 1.29 is 9.18 Å². The zero-order valence-electron chi connectivity index (χ0n) is 11.5. The first-order valence-electron chi connectivity index (χ1n) is 7.06. The first-order valence-corrected chi connectivity index (χ1v) is 7.06. The highest BCUT2D eigenvalue weighted by Crippen LogP contribution is 2.39. The van der Waals surface area contributed by atoms with Crippen molar-refractivity contribution in [1.82, 2.24) is 5.32 Å². The van der Waals surface area contributed by atoms with Gasteiger partial charge in [-0.1, -0.05) is 31.4 Å². The second kappa shape index (κ2) is 6.51. The molecule has 0 aliphatic heterocycles. The molecule has 1 aromatic rings. The van der Waals surface area contributed by atoms with Gasteiger partial charge in [0.15, 0.2) is 0 Å². The van der Waals surface area contributed by atoms with Crippen LogP contribution in [-0.2, 0) is 11.2 Å². The summed E-state index contributed by atoms with van der Waals surface area (Å²) in [6.07, 6.45) is 5.31. The van der Waals surface area contributed by atoms with Crippen LogP contribution in [0.4, 0.5) is 4.39 Å². The van der Waals surface area contributed by atoms with Crippen molar-refractivity contribution in [3.8, 4) is 6.07 Å². The van der Waals surface area contributed by atoms with Crippen molar-refractivity contribution in [3.63, 3.8) is 0 Å². The minimum Gasteiger partial charge on any atom is -0.343 e. The molecule has 1 fully saturated rings. The monoisotopic (exact) mass is 274 g/mol. The molecule has 20 heavy (non-hydrogen) atoms. The molecule has 1 aliphatic carbocycles. The van der Waals surface area contributed by atoms with E-state index in [1.165, 1.54) is 12.1 Å². The fourth-order valence-corrected chi connectivity index (χ4v) is 3.06. The van der Waals surface area contributed by atoms with Crippen molar-refractivity contribution in [2.24, 2.45) is 5.41 Å². The van der Waals surface area contributed by atoms with E-state index in [1.807, 2.05) is 12.1 Å². The lowest BCUT2D eigenvalue weighted by Crippen LogP contribution is -2.44. The molecule has 1 amide bonds. The van der Waals surface area contributed by atoms with E-state index in [2.05, 4.69) is 5.32 Å². The number of nitrogens with zero attached hydrogens (tertiary/aromatic N) is 1. The van der Waals surface area contributed by atoms with Crippen LogP contribution in [0.5, 0.6) is 0 Å². The van der Waals surface area contributed by atoms with Crippen LogP contribution in [0.2, 0.25) is 0 Å². The van der Waals surface area contributed by atoms with Crippen LogP contribution in [0.15, 0.2) is 24.3 Å². The third kappa shape index (κ3) is 3.36. The van der Waals surface area contributed by atoms with E-state index >= 15 is 0 Å². The average Bonchev–Trinajstić information content (AvgIpc) is 2.45. The van der Waals surface area contributed by atoms with Gasteiger partial charge in [-0.2, -0.15) is 5.26 Å². The molecular weight excluding hydrogens is 255 g/mol. The number of carbonyl (C=O) groups excluding carboxylic acids is 1. The summed E-state index contributed by atoms with van der Waals surface area (Å²) in [5.41, 5.74) is 0.363. The van der Waals surface area contributed by atoms with Crippen LogP contribution in [0.3, 0.4) is 0 Å². The van der Waals surface area contributed by atoms with Gasteiger partial charge in [-0.15, -0.1) is 0 Å². The first kappa shape index (κ1) is 14.5. The molecule has 0 atom stereocenters. The number of benzene rings is 1. The maximum absolute atomic E-state index is 13.3. The smallest absolute Gasteiger partial charge is 0.227 e. The van der Waals surface area contributed by atoms with Crippen LogP contribution in [0.1, 0.15) is 37.7 Å². The summed E-state index contributed by atoms with van der Waals surface area (Å²) in [6.45, 7) is 0.0315. The van der Waals surface area contributed by atoms with Crippen molar-refractivity contribution in [2.75, 3.05) is 6.54 Å². The van der Waals surface area contributed by atoms with Gasteiger partial charge in [-0.3, -0.25) is 4.79 Å². The van der Waals surface area contributed by atoms with Gasteiger partial charge in [0, 0.05) is 0 Å². The normalized spacial score (nSPS) is 17.2. The van der Waals surface area contributed by atoms with Gasteiger partial charge in [-0.25, -0.2) is 4.39 Å². The summed E-state index contributed by atoms with van der Waals surface area (Å²) in [5, 5.41) is 11.3. The molecule has 3 nitrogen and oxygen atoms in total. The van der Waals surface area contributed by atoms with Crippen molar-refractivity contribution in [3.05, 3.63) is 35.6 Å². The van der Waals surface area contributed by atoms with Crippen molar-refractivity contribution >= 4 is 5.91 Å². The van der Waals surface area contributed by atoms with Crippen LogP contribution in [-0.4, -0.2) is 12.5 Å². The minimum absolute atomic E-state index is 0.0315. The van der Waals surface area contributed by atoms with Gasteiger partial charge in [0.2, 0.25) is 5.91 Å². The molecule has 0 spiro atoms. The number of halogens is 1. The molecule has 0 unspecified atom stereocenters. The Bertz CT molecular complexity index is 515. The third-order valence-corrected chi connectivity index (χ3v) is 4.05. The second-order valence-electron chi connectivity index (χ2n) is 5.49. The average molecular weight is 274 g/mol. The summed E-state index contributed by atoms with van der Waals surface area (Å²) in [4.78, 5) is 12.4. The highest BCUT2D eigenvalue weighted by atomic mass is 19.1. The zero-order chi connectivity index (χ0) is 14.4. The Labute approximate surface area is 118 Å². The molecule has 0 radical (unpaired) electrons. The molecule has 1 aliphatic rings. The molecule has 4 heteroatoms. The lowest BCUT2D eigenvalue weighted by molar-refractivity contribution is -0.132. The van der Waals surface area contributed by atoms with Crippen molar-refractivity contribution in [2.45, 2.75) is 38.5 Å². The molecule has 2 rings (SSSR count). The molecular formula is C16H19FN2O. The predicted molar refractivity (Wildman–Crippen MR) is 74.2 cm³/mol. The number of nitriles is 1. The van der Waals surface area contributed by atoms with Gasteiger partial charge < -0.3 is 5.32 Å². The van der Waals surface area contributed by atoms with E-state index in [1.54, 1.807) is 6.07 Å².